The minimum absolute atomic E-state index is 0.0336. The Balaban J connectivity index is 1.42. The lowest BCUT2D eigenvalue weighted by atomic mass is 9.89. The highest BCUT2D eigenvalue weighted by atomic mass is 16.6. The molecule has 9 heteroatoms. The molecule has 2 saturated heterocycles. The van der Waals surface area contributed by atoms with Gasteiger partial charge in [0.2, 0.25) is 5.88 Å². The predicted octanol–water partition coefficient (Wildman–Crippen LogP) is 4.62. The zero-order chi connectivity index (χ0) is 23.0. The van der Waals surface area contributed by atoms with Crippen LogP contribution in [0.5, 0.6) is 5.88 Å². The molecule has 2 aromatic heterocycles. The van der Waals surface area contributed by atoms with E-state index in [9.17, 15) is 4.79 Å². The second kappa shape index (κ2) is 8.60. The molecule has 2 N–H and O–H groups in total. The quantitative estimate of drug-likeness (QED) is 0.696. The monoisotopic (exact) mass is 442 g/mol. The molecule has 32 heavy (non-hydrogen) atoms. The van der Waals surface area contributed by atoms with Gasteiger partial charge in [-0.05, 0) is 39.5 Å². The lowest BCUT2D eigenvalue weighted by molar-refractivity contribution is -0.0272. The van der Waals surface area contributed by atoms with E-state index in [0.29, 0.717) is 23.4 Å². The van der Waals surface area contributed by atoms with Crippen LogP contribution in [0.4, 0.5) is 16.4 Å². The number of carbonyl (C=O) groups excluding carboxylic acids is 1. The van der Waals surface area contributed by atoms with Crippen LogP contribution in [0.1, 0.15) is 72.4 Å². The maximum absolute atomic E-state index is 12.8. The second-order valence-corrected chi connectivity index (χ2v) is 10.2. The Morgan fingerprint density at radius 2 is 2.03 bits per heavy atom. The Bertz CT molecular complexity index is 953. The van der Waals surface area contributed by atoms with Gasteiger partial charge in [-0.2, -0.15) is 10.1 Å². The number of carbonyl (C=O) groups is 1. The van der Waals surface area contributed by atoms with E-state index in [-0.39, 0.29) is 30.2 Å². The van der Waals surface area contributed by atoms with E-state index < -0.39 is 5.60 Å². The van der Waals surface area contributed by atoms with E-state index in [2.05, 4.69) is 46.3 Å². The van der Waals surface area contributed by atoms with Crippen LogP contribution in [0.3, 0.4) is 0 Å². The van der Waals surface area contributed by atoms with E-state index in [1.54, 1.807) is 12.4 Å². The Morgan fingerprint density at radius 1 is 1.25 bits per heavy atom. The summed E-state index contributed by atoms with van der Waals surface area (Å²) >= 11 is 0. The summed E-state index contributed by atoms with van der Waals surface area (Å²) in [4.78, 5) is 23.6. The molecule has 0 aromatic carbocycles. The van der Waals surface area contributed by atoms with Gasteiger partial charge in [0.1, 0.15) is 11.7 Å². The SMILES string of the molecule is CC(C)c1cc(Nc2cncc(O[C@H]3C[C@H]4CC[C@@H]([C@@H]3C)N4C(=O)OC(C)(C)C)n2)n[nH]1. The zero-order valence-electron chi connectivity index (χ0n) is 19.8. The molecule has 4 atom stereocenters. The van der Waals surface area contributed by atoms with Gasteiger partial charge in [0.15, 0.2) is 11.6 Å². The summed E-state index contributed by atoms with van der Waals surface area (Å²) in [7, 11) is 0. The van der Waals surface area contributed by atoms with Crippen LogP contribution >= 0.6 is 0 Å². The summed E-state index contributed by atoms with van der Waals surface area (Å²) in [5.41, 5.74) is 0.550. The average Bonchev–Trinajstić information content (AvgIpc) is 3.30. The summed E-state index contributed by atoms with van der Waals surface area (Å²) in [6.45, 7) is 12.1. The van der Waals surface area contributed by atoms with Crippen LogP contribution < -0.4 is 10.1 Å². The third-order valence-electron chi connectivity index (χ3n) is 6.21. The van der Waals surface area contributed by atoms with Crippen molar-refractivity contribution in [3.63, 3.8) is 0 Å². The van der Waals surface area contributed by atoms with Gasteiger partial charge in [0.05, 0.1) is 12.4 Å². The number of aromatic amines is 1. The minimum Gasteiger partial charge on any atom is -0.473 e. The Hall–Kier alpha value is -2.84. The van der Waals surface area contributed by atoms with Crippen molar-refractivity contribution in [2.24, 2.45) is 5.92 Å². The molecule has 2 aliphatic rings. The number of amides is 1. The van der Waals surface area contributed by atoms with Gasteiger partial charge in [-0.1, -0.05) is 20.8 Å². The molecule has 4 rings (SSSR count). The van der Waals surface area contributed by atoms with Crippen molar-refractivity contribution < 1.29 is 14.3 Å². The fourth-order valence-corrected chi connectivity index (χ4v) is 4.59. The number of piperidine rings is 1. The van der Waals surface area contributed by atoms with Crippen LogP contribution in [0, 0.1) is 5.92 Å². The van der Waals surface area contributed by atoms with Crippen LogP contribution in [-0.4, -0.2) is 54.9 Å². The zero-order valence-corrected chi connectivity index (χ0v) is 19.8. The molecule has 0 saturated carbocycles. The first-order valence-electron chi connectivity index (χ1n) is 11.4. The van der Waals surface area contributed by atoms with Crippen LogP contribution in [0.15, 0.2) is 18.5 Å². The van der Waals surface area contributed by atoms with Crippen molar-refractivity contribution in [1.82, 2.24) is 25.1 Å². The van der Waals surface area contributed by atoms with Gasteiger partial charge in [-0.15, -0.1) is 0 Å². The maximum Gasteiger partial charge on any atom is 0.410 e. The van der Waals surface area contributed by atoms with Crippen molar-refractivity contribution in [3.8, 4) is 5.88 Å². The molecule has 2 aromatic rings. The molecule has 1 amide bonds. The first-order chi connectivity index (χ1) is 15.1. The van der Waals surface area contributed by atoms with Crippen molar-refractivity contribution >= 4 is 17.7 Å². The Kier molecular flexibility index (Phi) is 6.01. The molecular weight excluding hydrogens is 408 g/mol. The molecule has 0 aliphatic carbocycles. The molecule has 2 aliphatic heterocycles. The van der Waals surface area contributed by atoms with E-state index >= 15 is 0 Å². The second-order valence-electron chi connectivity index (χ2n) is 10.2. The number of hydrogen-bond acceptors (Lipinski definition) is 7. The van der Waals surface area contributed by atoms with E-state index in [0.717, 1.165) is 25.0 Å². The third kappa shape index (κ3) is 4.81. The highest BCUT2D eigenvalue weighted by Crippen LogP contribution is 2.41. The number of ether oxygens (including phenoxy) is 2. The lowest BCUT2D eigenvalue weighted by Crippen LogP contribution is -2.55. The van der Waals surface area contributed by atoms with E-state index in [1.807, 2.05) is 31.7 Å². The number of aromatic nitrogens is 4. The third-order valence-corrected chi connectivity index (χ3v) is 6.21. The van der Waals surface area contributed by atoms with Gasteiger partial charge in [0, 0.05) is 36.2 Å². The fourth-order valence-electron chi connectivity index (χ4n) is 4.59. The molecule has 2 fully saturated rings. The minimum atomic E-state index is -0.500. The van der Waals surface area contributed by atoms with Gasteiger partial charge in [-0.25, -0.2) is 4.79 Å². The molecular formula is C23H34N6O3. The van der Waals surface area contributed by atoms with E-state index in [1.165, 1.54) is 0 Å². The lowest BCUT2D eigenvalue weighted by Gasteiger charge is -2.43. The van der Waals surface area contributed by atoms with Gasteiger partial charge < -0.3 is 19.7 Å². The first kappa shape index (κ1) is 22.4. The molecule has 0 radical (unpaired) electrons. The fraction of sp³-hybridized carbons (Fsp3) is 0.652. The summed E-state index contributed by atoms with van der Waals surface area (Å²) in [5.74, 6) is 2.27. The number of nitrogens with zero attached hydrogens (tertiary/aromatic N) is 4. The number of H-pyrrole nitrogens is 1. The first-order valence-corrected chi connectivity index (χ1v) is 11.4. The average molecular weight is 443 g/mol. The number of fused-ring (bicyclic) bond motifs is 2. The molecule has 0 spiro atoms. The number of hydrogen-bond donors (Lipinski definition) is 2. The summed E-state index contributed by atoms with van der Waals surface area (Å²) < 4.78 is 11.9. The summed E-state index contributed by atoms with van der Waals surface area (Å²) in [5, 5.41) is 10.5. The molecule has 4 heterocycles. The molecule has 174 valence electrons. The highest BCUT2D eigenvalue weighted by molar-refractivity contribution is 5.69. The van der Waals surface area contributed by atoms with Crippen LogP contribution in [0.25, 0.3) is 0 Å². The molecule has 2 bridgehead atoms. The number of anilines is 2. The number of nitrogens with one attached hydrogen (secondary N) is 2. The maximum atomic E-state index is 12.8. The predicted molar refractivity (Wildman–Crippen MR) is 121 cm³/mol. The smallest absolute Gasteiger partial charge is 0.410 e. The van der Waals surface area contributed by atoms with Crippen molar-refractivity contribution in [1.29, 1.82) is 0 Å². The summed E-state index contributed by atoms with van der Waals surface area (Å²) in [6, 6.07) is 2.21. The van der Waals surface area contributed by atoms with Gasteiger partial charge in [0.25, 0.3) is 0 Å². The molecule has 0 unspecified atom stereocenters. The standard InChI is InChI=1S/C23H34N6O3/c1-13(2)16-10-19(28-27-16)25-20-11-24-12-21(26-20)31-18-9-15-7-8-17(14(18)3)29(15)22(30)32-23(4,5)6/h10-15,17-18H,7-9H2,1-6H3,(H2,25,26,27,28)/t14-,15+,17-,18-/m0/s1. The number of rotatable bonds is 5. The van der Waals surface area contributed by atoms with Gasteiger partial charge >= 0.3 is 6.09 Å². The van der Waals surface area contributed by atoms with Crippen LogP contribution in [0.2, 0.25) is 0 Å². The topological polar surface area (TPSA) is 105 Å². The highest BCUT2D eigenvalue weighted by Gasteiger charge is 2.49. The van der Waals surface area contributed by atoms with Gasteiger partial charge in [-0.3, -0.25) is 10.1 Å². The summed E-state index contributed by atoms with van der Waals surface area (Å²) in [6.07, 6.45) is 5.72. The van der Waals surface area contributed by atoms with Crippen molar-refractivity contribution in [2.45, 2.75) is 90.5 Å². The van der Waals surface area contributed by atoms with E-state index in [4.69, 9.17) is 9.47 Å². The Labute approximate surface area is 189 Å². The molecule has 9 nitrogen and oxygen atoms in total. The van der Waals surface area contributed by atoms with Crippen molar-refractivity contribution in [2.75, 3.05) is 5.32 Å². The Morgan fingerprint density at radius 3 is 2.72 bits per heavy atom. The normalized spacial score (nSPS) is 25.2. The van der Waals surface area contributed by atoms with Crippen LogP contribution in [-0.2, 0) is 4.74 Å². The van der Waals surface area contributed by atoms with Crippen molar-refractivity contribution in [3.05, 3.63) is 24.2 Å². The largest absolute Gasteiger partial charge is 0.473 e.